The highest BCUT2D eigenvalue weighted by atomic mass is 35.5. The summed E-state index contributed by atoms with van der Waals surface area (Å²) in [6.07, 6.45) is -0.429. The Bertz CT molecular complexity index is 262. The minimum absolute atomic E-state index is 0.121. The Hall–Kier alpha value is -0.0500. The van der Waals surface area contributed by atoms with Gasteiger partial charge in [0.2, 0.25) is 0 Å². The number of aliphatic hydroxyl groups excluding tert-OH is 1. The zero-order valence-corrected chi connectivity index (χ0v) is 9.04. The van der Waals surface area contributed by atoms with E-state index in [2.05, 4.69) is 0 Å². The number of thiophene rings is 1. The van der Waals surface area contributed by atoms with E-state index in [0.29, 0.717) is 0 Å². The monoisotopic (exact) mass is 204 g/mol. The fourth-order valence-electron chi connectivity index (χ4n) is 0.967. The molecule has 0 fully saturated rings. The summed E-state index contributed by atoms with van der Waals surface area (Å²) < 4.78 is 0.730. The lowest BCUT2D eigenvalue weighted by atomic mass is 9.86. The van der Waals surface area contributed by atoms with E-state index in [4.69, 9.17) is 11.6 Å². The molecule has 1 aromatic rings. The van der Waals surface area contributed by atoms with Gasteiger partial charge in [-0.1, -0.05) is 32.4 Å². The van der Waals surface area contributed by atoms with Crippen LogP contribution >= 0.6 is 22.9 Å². The van der Waals surface area contributed by atoms with E-state index in [1.807, 2.05) is 32.2 Å². The van der Waals surface area contributed by atoms with Gasteiger partial charge in [-0.15, -0.1) is 11.3 Å². The van der Waals surface area contributed by atoms with Crippen molar-refractivity contribution in [3.63, 3.8) is 0 Å². The number of rotatable bonds is 1. The molecule has 68 valence electrons. The highest BCUT2D eigenvalue weighted by Crippen LogP contribution is 2.35. The van der Waals surface area contributed by atoms with Crippen molar-refractivity contribution in [2.45, 2.75) is 26.9 Å². The predicted molar refractivity (Wildman–Crippen MR) is 53.7 cm³/mol. The van der Waals surface area contributed by atoms with E-state index in [0.717, 1.165) is 9.90 Å². The van der Waals surface area contributed by atoms with Crippen molar-refractivity contribution < 1.29 is 5.11 Å². The molecule has 0 amide bonds. The third kappa shape index (κ3) is 2.22. The van der Waals surface area contributed by atoms with Crippen LogP contribution in [0.1, 0.15) is 32.4 Å². The molecule has 0 saturated heterocycles. The van der Waals surface area contributed by atoms with Gasteiger partial charge in [0.1, 0.15) is 0 Å². The third-order valence-electron chi connectivity index (χ3n) is 1.72. The first-order chi connectivity index (χ1) is 5.41. The molecule has 1 N–H and O–H groups in total. The Kier molecular flexibility index (Phi) is 2.81. The van der Waals surface area contributed by atoms with Crippen molar-refractivity contribution in [3.05, 3.63) is 21.3 Å². The molecule has 0 radical (unpaired) electrons. The average molecular weight is 205 g/mol. The standard InChI is InChI=1S/C9H13ClOS/c1-9(2,3)8(11)6-4-7(10)12-5-6/h4-5,8,11H,1-3H3. The normalized spacial score (nSPS) is 14.8. The van der Waals surface area contributed by atoms with Gasteiger partial charge < -0.3 is 5.11 Å². The Morgan fingerprint density at radius 1 is 1.50 bits per heavy atom. The smallest absolute Gasteiger partial charge is 0.0932 e. The van der Waals surface area contributed by atoms with E-state index in [9.17, 15) is 5.11 Å². The van der Waals surface area contributed by atoms with E-state index >= 15 is 0 Å². The molecule has 12 heavy (non-hydrogen) atoms. The third-order valence-corrected chi connectivity index (χ3v) is 2.83. The van der Waals surface area contributed by atoms with Crippen LogP contribution in [0.25, 0.3) is 0 Å². The summed E-state index contributed by atoms with van der Waals surface area (Å²) in [7, 11) is 0. The lowest BCUT2D eigenvalue weighted by Crippen LogP contribution is -2.16. The van der Waals surface area contributed by atoms with Gasteiger partial charge in [0.25, 0.3) is 0 Å². The quantitative estimate of drug-likeness (QED) is 0.743. The highest BCUT2D eigenvalue weighted by molar-refractivity contribution is 7.14. The summed E-state index contributed by atoms with van der Waals surface area (Å²) in [6.45, 7) is 6.01. The molecule has 1 atom stereocenters. The van der Waals surface area contributed by atoms with Crippen molar-refractivity contribution in [3.8, 4) is 0 Å². The molecule has 1 heterocycles. The maximum atomic E-state index is 9.82. The van der Waals surface area contributed by atoms with Gasteiger partial charge in [0.15, 0.2) is 0 Å². The van der Waals surface area contributed by atoms with Gasteiger partial charge in [0.05, 0.1) is 10.4 Å². The molecule has 1 aromatic heterocycles. The van der Waals surface area contributed by atoms with Crippen molar-refractivity contribution in [2.75, 3.05) is 0 Å². The maximum Gasteiger partial charge on any atom is 0.0932 e. The van der Waals surface area contributed by atoms with Crippen LogP contribution in [0.3, 0.4) is 0 Å². The first-order valence-corrected chi connectivity index (χ1v) is 5.09. The van der Waals surface area contributed by atoms with Gasteiger partial charge in [-0.3, -0.25) is 0 Å². The van der Waals surface area contributed by atoms with Crippen LogP contribution in [0.4, 0.5) is 0 Å². The van der Waals surface area contributed by atoms with Crippen LogP contribution < -0.4 is 0 Å². The Labute approximate surface area is 82.0 Å². The minimum atomic E-state index is -0.429. The number of hydrogen-bond acceptors (Lipinski definition) is 2. The second-order valence-electron chi connectivity index (χ2n) is 3.95. The molecule has 1 rings (SSSR count). The summed E-state index contributed by atoms with van der Waals surface area (Å²) in [4.78, 5) is 0. The molecule has 3 heteroatoms. The SMILES string of the molecule is CC(C)(C)C(O)c1csc(Cl)c1. The molecular weight excluding hydrogens is 192 g/mol. The number of aliphatic hydroxyl groups is 1. The summed E-state index contributed by atoms with van der Waals surface area (Å²) in [5, 5.41) is 11.7. The molecule has 0 bridgehead atoms. The maximum absolute atomic E-state index is 9.82. The van der Waals surface area contributed by atoms with Crippen molar-refractivity contribution in [1.29, 1.82) is 0 Å². The zero-order chi connectivity index (χ0) is 9.35. The molecule has 0 aliphatic rings. The molecule has 0 saturated carbocycles. The van der Waals surface area contributed by atoms with E-state index < -0.39 is 6.10 Å². The van der Waals surface area contributed by atoms with Crippen LogP contribution in [0.15, 0.2) is 11.4 Å². The highest BCUT2D eigenvalue weighted by Gasteiger charge is 2.24. The van der Waals surface area contributed by atoms with E-state index in [1.54, 1.807) is 0 Å². The topological polar surface area (TPSA) is 20.2 Å². The first-order valence-electron chi connectivity index (χ1n) is 3.83. The van der Waals surface area contributed by atoms with Gasteiger partial charge in [0, 0.05) is 0 Å². The van der Waals surface area contributed by atoms with E-state index in [-0.39, 0.29) is 5.41 Å². The summed E-state index contributed by atoms with van der Waals surface area (Å²) in [5.41, 5.74) is 0.794. The Balaban J connectivity index is 2.85. The fraction of sp³-hybridized carbons (Fsp3) is 0.556. The number of halogens is 1. The molecule has 1 nitrogen and oxygen atoms in total. The molecule has 0 spiro atoms. The van der Waals surface area contributed by atoms with Crippen LogP contribution in [0.2, 0.25) is 4.34 Å². The second kappa shape index (κ2) is 3.36. The fourth-order valence-corrected chi connectivity index (χ4v) is 1.88. The second-order valence-corrected chi connectivity index (χ2v) is 5.50. The number of hydrogen-bond donors (Lipinski definition) is 1. The summed E-state index contributed by atoms with van der Waals surface area (Å²) in [6, 6.07) is 1.82. The largest absolute Gasteiger partial charge is 0.388 e. The van der Waals surface area contributed by atoms with Crippen molar-refractivity contribution in [1.82, 2.24) is 0 Å². The molecule has 0 aliphatic carbocycles. The Morgan fingerprint density at radius 3 is 2.42 bits per heavy atom. The van der Waals surface area contributed by atoms with Crippen molar-refractivity contribution >= 4 is 22.9 Å². The van der Waals surface area contributed by atoms with Gasteiger partial charge in [-0.05, 0) is 22.4 Å². The predicted octanol–water partition coefficient (Wildman–Crippen LogP) is 3.48. The first kappa shape index (κ1) is 10.0. The van der Waals surface area contributed by atoms with Crippen molar-refractivity contribution in [2.24, 2.45) is 5.41 Å². The lowest BCUT2D eigenvalue weighted by Gasteiger charge is -2.24. The minimum Gasteiger partial charge on any atom is -0.388 e. The summed E-state index contributed by atoms with van der Waals surface area (Å²) >= 11 is 7.22. The zero-order valence-electron chi connectivity index (χ0n) is 7.47. The van der Waals surface area contributed by atoms with Crippen LogP contribution in [0.5, 0.6) is 0 Å². The van der Waals surface area contributed by atoms with Crippen LogP contribution in [-0.2, 0) is 0 Å². The van der Waals surface area contributed by atoms with Gasteiger partial charge in [-0.25, -0.2) is 0 Å². The molecular formula is C9H13ClOS. The van der Waals surface area contributed by atoms with Crippen LogP contribution in [-0.4, -0.2) is 5.11 Å². The summed E-state index contributed by atoms with van der Waals surface area (Å²) in [5.74, 6) is 0. The van der Waals surface area contributed by atoms with Crippen LogP contribution in [0, 0.1) is 5.41 Å². The lowest BCUT2D eigenvalue weighted by molar-refractivity contribution is 0.0630. The molecule has 0 aromatic carbocycles. The van der Waals surface area contributed by atoms with Gasteiger partial charge in [-0.2, -0.15) is 0 Å². The molecule has 1 unspecified atom stereocenters. The van der Waals surface area contributed by atoms with E-state index in [1.165, 1.54) is 11.3 Å². The molecule has 0 aliphatic heterocycles. The Morgan fingerprint density at radius 2 is 2.08 bits per heavy atom. The average Bonchev–Trinajstić information content (AvgIpc) is 2.32. The van der Waals surface area contributed by atoms with Gasteiger partial charge >= 0.3 is 0 Å².